The van der Waals surface area contributed by atoms with Gasteiger partial charge >= 0.3 is 0 Å². The molecule has 4 heteroatoms. The molecule has 0 amide bonds. The largest absolute Gasteiger partial charge is 0.243 e. The fraction of sp³-hybridized carbons (Fsp3) is 0.333. The molecule has 1 saturated heterocycles. The van der Waals surface area contributed by atoms with Gasteiger partial charge in [-0.2, -0.15) is 4.31 Å². The molecule has 1 heterocycles. The lowest BCUT2D eigenvalue weighted by Gasteiger charge is -2.17. The highest BCUT2D eigenvalue weighted by Crippen LogP contribution is 2.26. The molecule has 0 spiro atoms. The van der Waals surface area contributed by atoms with Gasteiger partial charge in [-0.1, -0.05) is 48.0 Å². The van der Waals surface area contributed by atoms with E-state index in [1.807, 2.05) is 37.3 Å². The van der Waals surface area contributed by atoms with Gasteiger partial charge in [-0.05, 0) is 43.4 Å². The Kier molecular flexibility index (Phi) is 4.32. The average Bonchev–Trinajstić information content (AvgIpc) is 2.98. The average molecular weight is 315 g/mol. The van der Waals surface area contributed by atoms with Crippen molar-refractivity contribution in [1.82, 2.24) is 4.31 Å². The van der Waals surface area contributed by atoms with Gasteiger partial charge < -0.3 is 0 Å². The topological polar surface area (TPSA) is 37.4 Å². The molecule has 0 radical (unpaired) electrons. The predicted octanol–water partition coefficient (Wildman–Crippen LogP) is 3.25. The second-order valence-corrected chi connectivity index (χ2v) is 7.96. The molecule has 1 aliphatic rings. The highest BCUT2D eigenvalue weighted by atomic mass is 32.2. The molecule has 0 aliphatic carbocycles. The van der Waals surface area contributed by atoms with Gasteiger partial charge in [-0.25, -0.2) is 8.42 Å². The minimum atomic E-state index is -3.35. The van der Waals surface area contributed by atoms with E-state index in [1.54, 1.807) is 16.4 Å². The molecular weight excluding hydrogens is 294 g/mol. The molecular formula is C18H21NO2S. The van der Waals surface area contributed by atoms with Crippen molar-refractivity contribution in [1.29, 1.82) is 0 Å². The zero-order valence-electron chi connectivity index (χ0n) is 12.8. The monoisotopic (exact) mass is 315 g/mol. The molecule has 3 rings (SSSR count). The Balaban J connectivity index is 1.70. The molecule has 0 bridgehead atoms. The highest BCUT2D eigenvalue weighted by Gasteiger charge is 2.32. The van der Waals surface area contributed by atoms with Crippen molar-refractivity contribution in [2.75, 3.05) is 13.1 Å². The fourth-order valence-electron chi connectivity index (χ4n) is 2.99. The quantitative estimate of drug-likeness (QED) is 0.868. The van der Waals surface area contributed by atoms with Crippen molar-refractivity contribution in [3.63, 3.8) is 0 Å². The van der Waals surface area contributed by atoms with Crippen molar-refractivity contribution in [2.45, 2.75) is 24.7 Å². The van der Waals surface area contributed by atoms with Gasteiger partial charge in [0.25, 0.3) is 0 Å². The molecule has 2 aromatic rings. The Hall–Kier alpha value is -1.65. The zero-order chi connectivity index (χ0) is 15.6. The number of benzene rings is 2. The van der Waals surface area contributed by atoms with E-state index in [9.17, 15) is 8.42 Å². The lowest BCUT2D eigenvalue weighted by atomic mass is 9.99. The maximum absolute atomic E-state index is 12.7. The van der Waals surface area contributed by atoms with Gasteiger partial charge in [-0.3, -0.25) is 0 Å². The molecule has 1 fully saturated rings. The summed E-state index contributed by atoms with van der Waals surface area (Å²) in [7, 11) is -3.35. The summed E-state index contributed by atoms with van der Waals surface area (Å²) in [5.74, 6) is 0.405. The SMILES string of the molecule is Cc1ccc(S(=O)(=O)N2CC[C@H](Cc3ccccc3)C2)cc1. The van der Waals surface area contributed by atoms with E-state index >= 15 is 0 Å². The van der Waals surface area contributed by atoms with Gasteiger partial charge in [-0.15, -0.1) is 0 Å². The van der Waals surface area contributed by atoms with Crippen LogP contribution < -0.4 is 0 Å². The van der Waals surface area contributed by atoms with Gasteiger partial charge in [0.15, 0.2) is 0 Å². The number of hydrogen-bond donors (Lipinski definition) is 0. The molecule has 3 nitrogen and oxygen atoms in total. The standard InChI is InChI=1S/C18H21NO2S/c1-15-7-9-18(10-8-15)22(20,21)19-12-11-17(14-19)13-16-5-3-2-4-6-16/h2-10,17H,11-14H2,1H3/t17-/m1/s1. The molecule has 0 unspecified atom stereocenters. The Morgan fingerprint density at radius 2 is 1.73 bits per heavy atom. The molecule has 1 aliphatic heterocycles. The molecule has 22 heavy (non-hydrogen) atoms. The fourth-order valence-corrected chi connectivity index (χ4v) is 4.52. The van der Waals surface area contributed by atoms with Crippen molar-refractivity contribution >= 4 is 10.0 Å². The Labute approximate surface area is 132 Å². The predicted molar refractivity (Wildman–Crippen MR) is 88.2 cm³/mol. The third-order valence-electron chi connectivity index (χ3n) is 4.27. The van der Waals surface area contributed by atoms with Crippen molar-refractivity contribution < 1.29 is 8.42 Å². The molecule has 116 valence electrons. The van der Waals surface area contributed by atoms with Crippen molar-refractivity contribution in [3.05, 3.63) is 65.7 Å². The first-order chi connectivity index (χ1) is 10.6. The first kappa shape index (κ1) is 15.3. The first-order valence-corrected chi connectivity index (χ1v) is 9.10. The molecule has 1 atom stereocenters. The van der Waals surface area contributed by atoms with Crippen LogP contribution in [0.5, 0.6) is 0 Å². The number of rotatable bonds is 4. The minimum absolute atomic E-state index is 0.401. The first-order valence-electron chi connectivity index (χ1n) is 7.66. The van der Waals surface area contributed by atoms with Crippen LogP contribution in [0.15, 0.2) is 59.5 Å². The summed E-state index contributed by atoms with van der Waals surface area (Å²) in [4.78, 5) is 0.401. The Bertz CT molecular complexity index is 723. The Morgan fingerprint density at radius 3 is 2.41 bits per heavy atom. The summed E-state index contributed by atoms with van der Waals surface area (Å²) in [5.41, 5.74) is 2.35. The number of aryl methyl sites for hydroxylation is 1. The number of nitrogens with zero attached hydrogens (tertiary/aromatic N) is 1. The van der Waals surface area contributed by atoms with E-state index < -0.39 is 10.0 Å². The summed E-state index contributed by atoms with van der Waals surface area (Å²) in [6, 6.07) is 17.4. The van der Waals surface area contributed by atoms with Crippen LogP contribution in [-0.2, 0) is 16.4 Å². The molecule has 2 aromatic carbocycles. The van der Waals surface area contributed by atoms with Crippen LogP contribution in [0.4, 0.5) is 0 Å². The molecule has 0 saturated carbocycles. The van der Waals surface area contributed by atoms with Crippen LogP contribution in [0.3, 0.4) is 0 Å². The third kappa shape index (κ3) is 3.23. The van der Waals surface area contributed by atoms with Crippen molar-refractivity contribution in [2.24, 2.45) is 5.92 Å². The summed E-state index contributed by atoms with van der Waals surface area (Å²) in [5, 5.41) is 0. The van der Waals surface area contributed by atoms with Crippen LogP contribution in [0.2, 0.25) is 0 Å². The van der Waals surface area contributed by atoms with Crippen LogP contribution in [-0.4, -0.2) is 25.8 Å². The van der Waals surface area contributed by atoms with Gasteiger partial charge in [0.1, 0.15) is 0 Å². The normalized spacial score (nSPS) is 19.4. The number of sulfonamides is 1. The van der Waals surface area contributed by atoms with Crippen LogP contribution in [0.25, 0.3) is 0 Å². The van der Waals surface area contributed by atoms with E-state index in [4.69, 9.17) is 0 Å². The zero-order valence-corrected chi connectivity index (χ0v) is 13.6. The summed E-state index contributed by atoms with van der Waals surface area (Å²) < 4.78 is 27.0. The second kappa shape index (κ2) is 6.23. The maximum atomic E-state index is 12.7. The summed E-state index contributed by atoms with van der Waals surface area (Å²) in [6.45, 7) is 3.20. The van der Waals surface area contributed by atoms with Crippen LogP contribution in [0.1, 0.15) is 17.5 Å². The molecule has 0 N–H and O–H groups in total. The Morgan fingerprint density at radius 1 is 1.05 bits per heavy atom. The maximum Gasteiger partial charge on any atom is 0.243 e. The van der Waals surface area contributed by atoms with Crippen LogP contribution >= 0.6 is 0 Å². The van der Waals surface area contributed by atoms with Crippen molar-refractivity contribution in [3.8, 4) is 0 Å². The van der Waals surface area contributed by atoms with E-state index in [2.05, 4.69) is 12.1 Å². The van der Waals surface area contributed by atoms with Crippen LogP contribution in [0, 0.1) is 12.8 Å². The second-order valence-electron chi connectivity index (χ2n) is 6.02. The minimum Gasteiger partial charge on any atom is -0.207 e. The van der Waals surface area contributed by atoms with Gasteiger partial charge in [0, 0.05) is 13.1 Å². The highest BCUT2D eigenvalue weighted by molar-refractivity contribution is 7.89. The third-order valence-corrected chi connectivity index (χ3v) is 6.15. The van der Waals surface area contributed by atoms with Gasteiger partial charge in [0.2, 0.25) is 10.0 Å². The molecule has 0 aromatic heterocycles. The smallest absolute Gasteiger partial charge is 0.207 e. The lowest BCUT2D eigenvalue weighted by Crippen LogP contribution is -2.29. The summed E-state index contributed by atoms with van der Waals surface area (Å²) >= 11 is 0. The van der Waals surface area contributed by atoms with E-state index in [0.29, 0.717) is 23.9 Å². The van der Waals surface area contributed by atoms with Gasteiger partial charge in [0.05, 0.1) is 4.90 Å². The lowest BCUT2D eigenvalue weighted by molar-refractivity contribution is 0.456. The summed E-state index contributed by atoms with van der Waals surface area (Å²) in [6.07, 6.45) is 1.88. The van der Waals surface area contributed by atoms with E-state index in [1.165, 1.54) is 5.56 Å². The number of hydrogen-bond acceptors (Lipinski definition) is 2. The van der Waals surface area contributed by atoms with E-state index in [0.717, 1.165) is 18.4 Å². The van der Waals surface area contributed by atoms with E-state index in [-0.39, 0.29) is 0 Å².